The average molecular weight is 257 g/mol. The second-order valence-electron chi connectivity index (χ2n) is 3.41. The summed E-state index contributed by atoms with van der Waals surface area (Å²) in [6, 6.07) is 3.31. The van der Waals surface area contributed by atoms with Crippen LogP contribution in [0.15, 0.2) is 18.2 Å². The Morgan fingerprint density at radius 3 is 2.50 bits per heavy atom. The van der Waals surface area contributed by atoms with Crippen molar-refractivity contribution in [1.29, 1.82) is 0 Å². The molecule has 98 valence electrons. The number of hydrogen-bond donors (Lipinski definition) is 3. The summed E-state index contributed by atoms with van der Waals surface area (Å²) in [5.41, 5.74) is -0.510. The average Bonchev–Trinajstić information content (AvgIpc) is 2.35. The van der Waals surface area contributed by atoms with Gasteiger partial charge in [-0.3, -0.25) is 10.1 Å². The molecule has 2 unspecified atom stereocenters. The monoisotopic (exact) mass is 257 g/mol. The highest BCUT2D eigenvalue weighted by molar-refractivity contribution is 5.73. The number of non-ortho nitro benzene ring substituents is 1. The van der Waals surface area contributed by atoms with Crippen LogP contribution < -0.4 is 4.74 Å². The van der Waals surface area contributed by atoms with E-state index in [0.717, 1.165) is 12.1 Å². The number of aliphatic carboxylic acids is 1. The molecule has 0 aliphatic heterocycles. The molecule has 8 heteroatoms. The first kappa shape index (κ1) is 13.9. The number of methoxy groups -OCH3 is 1. The molecule has 0 amide bonds. The lowest BCUT2D eigenvalue weighted by atomic mass is 10.0. The maximum absolute atomic E-state index is 10.6. The van der Waals surface area contributed by atoms with Gasteiger partial charge in [0.25, 0.3) is 5.69 Å². The molecular formula is C10H11NO7. The molecule has 0 aliphatic rings. The van der Waals surface area contributed by atoms with Gasteiger partial charge in [0.15, 0.2) is 6.10 Å². The van der Waals surface area contributed by atoms with Gasteiger partial charge in [0.1, 0.15) is 11.9 Å². The van der Waals surface area contributed by atoms with Gasteiger partial charge in [-0.25, -0.2) is 4.79 Å². The van der Waals surface area contributed by atoms with E-state index in [0.29, 0.717) is 0 Å². The summed E-state index contributed by atoms with van der Waals surface area (Å²) in [6.45, 7) is 0. The Bertz CT molecular complexity index is 473. The van der Waals surface area contributed by atoms with Gasteiger partial charge in [0.05, 0.1) is 12.0 Å². The standard InChI is InChI=1S/C10H11NO7/c1-18-7-3-2-5(11(16)17)4-6(7)8(12)9(13)10(14)15/h2-4,8-9,12-13H,1H3,(H,14,15). The van der Waals surface area contributed by atoms with Gasteiger partial charge in [-0.05, 0) is 6.07 Å². The van der Waals surface area contributed by atoms with Crippen LogP contribution in [0.1, 0.15) is 11.7 Å². The molecule has 2 atom stereocenters. The normalized spacial score (nSPS) is 13.7. The second-order valence-corrected chi connectivity index (χ2v) is 3.41. The fourth-order valence-corrected chi connectivity index (χ4v) is 1.37. The summed E-state index contributed by atoms with van der Waals surface area (Å²) in [5.74, 6) is -1.59. The van der Waals surface area contributed by atoms with E-state index in [9.17, 15) is 25.1 Å². The van der Waals surface area contributed by atoms with Crippen molar-refractivity contribution in [3.63, 3.8) is 0 Å². The minimum Gasteiger partial charge on any atom is -0.496 e. The fourth-order valence-electron chi connectivity index (χ4n) is 1.37. The first-order chi connectivity index (χ1) is 8.38. The summed E-state index contributed by atoms with van der Waals surface area (Å²) in [5, 5.41) is 38.0. The molecule has 3 N–H and O–H groups in total. The Balaban J connectivity index is 3.23. The highest BCUT2D eigenvalue weighted by Crippen LogP contribution is 2.31. The molecular weight excluding hydrogens is 246 g/mol. The van der Waals surface area contributed by atoms with Crippen LogP contribution >= 0.6 is 0 Å². The zero-order valence-corrected chi connectivity index (χ0v) is 9.31. The van der Waals surface area contributed by atoms with E-state index < -0.39 is 23.1 Å². The van der Waals surface area contributed by atoms with Crippen molar-refractivity contribution >= 4 is 11.7 Å². The van der Waals surface area contributed by atoms with Crippen molar-refractivity contribution in [3.05, 3.63) is 33.9 Å². The Kier molecular flexibility index (Phi) is 4.18. The Morgan fingerprint density at radius 1 is 1.44 bits per heavy atom. The highest BCUT2D eigenvalue weighted by Gasteiger charge is 2.29. The first-order valence-corrected chi connectivity index (χ1v) is 4.79. The van der Waals surface area contributed by atoms with Crippen LogP contribution in [0.25, 0.3) is 0 Å². The predicted molar refractivity (Wildman–Crippen MR) is 58.3 cm³/mol. The third kappa shape index (κ3) is 2.73. The van der Waals surface area contributed by atoms with Crippen LogP contribution in [0, 0.1) is 10.1 Å². The van der Waals surface area contributed by atoms with E-state index in [-0.39, 0.29) is 17.0 Å². The number of nitro groups is 1. The minimum absolute atomic E-state index is 0.0494. The third-order valence-corrected chi connectivity index (χ3v) is 2.29. The number of nitrogens with zero attached hydrogens (tertiary/aromatic N) is 1. The molecule has 0 aromatic heterocycles. The van der Waals surface area contributed by atoms with Crippen LogP contribution in [0.2, 0.25) is 0 Å². The number of rotatable bonds is 5. The third-order valence-electron chi connectivity index (χ3n) is 2.29. The second kappa shape index (κ2) is 5.43. The molecule has 1 rings (SSSR count). The molecule has 18 heavy (non-hydrogen) atoms. The molecule has 0 saturated carbocycles. The van der Waals surface area contributed by atoms with Gasteiger partial charge in [-0.1, -0.05) is 0 Å². The van der Waals surface area contributed by atoms with Crippen LogP contribution in [0.4, 0.5) is 5.69 Å². The van der Waals surface area contributed by atoms with Crippen molar-refractivity contribution in [2.75, 3.05) is 7.11 Å². The van der Waals surface area contributed by atoms with Crippen molar-refractivity contribution in [2.24, 2.45) is 0 Å². The van der Waals surface area contributed by atoms with Gasteiger partial charge >= 0.3 is 5.97 Å². The summed E-state index contributed by atoms with van der Waals surface area (Å²) >= 11 is 0. The number of hydrogen-bond acceptors (Lipinski definition) is 6. The quantitative estimate of drug-likeness (QED) is 0.503. The van der Waals surface area contributed by atoms with Crippen molar-refractivity contribution < 1.29 is 29.8 Å². The minimum atomic E-state index is -2.10. The van der Waals surface area contributed by atoms with Gasteiger partial charge < -0.3 is 20.1 Å². The number of carbonyl (C=O) groups is 1. The maximum atomic E-state index is 10.6. The van der Waals surface area contributed by atoms with Gasteiger partial charge in [-0.2, -0.15) is 0 Å². The summed E-state index contributed by atoms with van der Waals surface area (Å²) < 4.78 is 4.84. The fraction of sp³-hybridized carbons (Fsp3) is 0.300. The number of benzene rings is 1. The van der Waals surface area contributed by atoms with E-state index in [1.807, 2.05) is 0 Å². The molecule has 0 spiro atoms. The van der Waals surface area contributed by atoms with E-state index in [1.165, 1.54) is 13.2 Å². The van der Waals surface area contributed by atoms with Crippen LogP contribution in [-0.2, 0) is 4.79 Å². The SMILES string of the molecule is COc1ccc([N+](=O)[O-])cc1C(O)C(O)C(=O)O. The molecule has 0 fully saturated rings. The Morgan fingerprint density at radius 2 is 2.06 bits per heavy atom. The molecule has 0 radical (unpaired) electrons. The van der Waals surface area contributed by atoms with E-state index >= 15 is 0 Å². The summed E-state index contributed by atoms with van der Waals surface area (Å²) in [7, 11) is 1.25. The van der Waals surface area contributed by atoms with Crippen LogP contribution in [0.3, 0.4) is 0 Å². The number of carboxylic acids is 1. The van der Waals surface area contributed by atoms with Gasteiger partial charge in [-0.15, -0.1) is 0 Å². The molecule has 0 aliphatic carbocycles. The molecule has 0 saturated heterocycles. The molecule has 1 aromatic carbocycles. The van der Waals surface area contributed by atoms with Gasteiger partial charge in [0, 0.05) is 17.7 Å². The smallest absolute Gasteiger partial charge is 0.335 e. The Hall–Kier alpha value is -2.19. The number of carboxylic acid groups (broad SMARTS) is 1. The topological polar surface area (TPSA) is 130 Å². The number of ether oxygens (including phenoxy) is 1. The Labute approximate surface area is 101 Å². The largest absolute Gasteiger partial charge is 0.496 e. The van der Waals surface area contributed by atoms with Crippen LogP contribution in [0.5, 0.6) is 5.75 Å². The zero-order chi connectivity index (χ0) is 13.9. The van der Waals surface area contributed by atoms with E-state index in [1.54, 1.807) is 0 Å². The van der Waals surface area contributed by atoms with Crippen molar-refractivity contribution in [1.82, 2.24) is 0 Å². The summed E-state index contributed by atoms with van der Waals surface area (Å²) in [4.78, 5) is 20.4. The number of aliphatic hydroxyl groups excluding tert-OH is 2. The molecule has 0 heterocycles. The lowest BCUT2D eigenvalue weighted by molar-refractivity contribution is -0.385. The van der Waals surface area contributed by atoms with Gasteiger partial charge in [0.2, 0.25) is 0 Å². The lowest BCUT2D eigenvalue weighted by Crippen LogP contribution is -2.27. The van der Waals surface area contributed by atoms with Crippen molar-refractivity contribution in [3.8, 4) is 5.75 Å². The maximum Gasteiger partial charge on any atom is 0.335 e. The lowest BCUT2D eigenvalue weighted by Gasteiger charge is -2.16. The van der Waals surface area contributed by atoms with Crippen LogP contribution in [-0.4, -0.2) is 39.4 Å². The van der Waals surface area contributed by atoms with E-state index in [4.69, 9.17) is 9.84 Å². The predicted octanol–water partition coefficient (Wildman–Crippen LogP) is 0.0823. The van der Waals surface area contributed by atoms with E-state index in [2.05, 4.69) is 0 Å². The number of nitro benzene ring substituents is 1. The highest BCUT2D eigenvalue weighted by atomic mass is 16.6. The number of aliphatic hydroxyl groups is 2. The summed E-state index contributed by atoms with van der Waals surface area (Å²) in [6.07, 6.45) is -3.92. The van der Waals surface area contributed by atoms with Crippen molar-refractivity contribution in [2.45, 2.75) is 12.2 Å². The molecule has 8 nitrogen and oxygen atoms in total. The first-order valence-electron chi connectivity index (χ1n) is 4.79. The zero-order valence-electron chi connectivity index (χ0n) is 9.31. The molecule has 1 aromatic rings. The molecule has 0 bridgehead atoms.